The van der Waals surface area contributed by atoms with Crippen LogP contribution in [-0.2, 0) is 6.42 Å². The lowest BCUT2D eigenvalue weighted by molar-refractivity contribution is 0.670. The van der Waals surface area contributed by atoms with Crippen molar-refractivity contribution in [3.05, 3.63) is 42.0 Å². The quantitative estimate of drug-likeness (QED) is 0.799. The topological polar surface area (TPSA) is 15.3 Å². The molecule has 0 bridgehead atoms. The van der Waals surface area contributed by atoms with Crippen LogP contribution in [-0.4, -0.2) is 25.2 Å². The highest BCUT2D eigenvalue weighted by Crippen LogP contribution is 2.32. The summed E-state index contributed by atoms with van der Waals surface area (Å²) in [6.07, 6.45) is 3.85. The van der Waals surface area contributed by atoms with Crippen molar-refractivity contribution in [2.24, 2.45) is 0 Å². The van der Waals surface area contributed by atoms with Crippen LogP contribution in [0.25, 0.3) is 0 Å². The van der Waals surface area contributed by atoms with Crippen LogP contribution in [0.5, 0.6) is 0 Å². The molecule has 0 amide bonds. The number of hydrogen-bond acceptors (Lipinski definition) is 2. The van der Waals surface area contributed by atoms with Crippen molar-refractivity contribution in [2.45, 2.75) is 38.3 Å². The zero-order valence-corrected chi connectivity index (χ0v) is 11.2. The Morgan fingerprint density at radius 3 is 2.94 bits per heavy atom. The minimum atomic E-state index is 0.597. The lowest BCUT2D eigenvalue weighted by Crippen LogP contribution is -2.33. The van der Waals surface area contributed by atoms with Crippen LogP contribution < -0.4 is 10.2 Å². The number of nitrogens with zero attached hydrogens (tertiary/aromatic N) is 1. The molecule has 1 saturated carbocycles. The molecule has 1 aromatic rings. The van der Waals surface area contributed by atoms with Gasteiger partial charge in [0.1, 0.15) is 0 Å². The molecule has 2 heteroatoms. The molecule has 0 spiro atoms. The second-order valence-electron chi connectivity index (χ2n) is 5.71. The number of benzene rings is 1. The molecule has 1 atom stereocenters. The molecule has 0 saturated heterocycles. The van der Waals surface area contributed by atoms with E-state index < -0.39 is 0 Å². The first kappa shape index (κ1) is 11.8. The van der Waals surface area contributed by atoms with Crippen LogP contribution in [0.3, 0.4) is 0 Å². The third kappa shape index (κ3) is 2.44. The van der Waals surface area contributed by atoms with Crippen molar-refractivity contribution in [1.29, 1.82) is 0 Å². The van der Waals surface area contributed by atoms with Crippen molar-refractivity contribution in [3.8, 4) is 0 Å². The summed E-state index contributed by atoms with van der Waals surface area (Å²) in [7, 11) is 0. The number of nitrogens with one attached hydrogen (secondary N) is 1. The third-order valence-electron chi connectivity index (χ3n) is 3.96. The maximum Gasteiger partial charge on any atom is 0.0404 e. The predicted octanol–water partition coefficient (Wildman–Crippen LogP) is 2.75. The average Bonchev–Trinajstić information content (AvgIpc) is 3.14. The molecule has 2 nitrogen and oxygen atoms in total. The highest BCUT2D eigenvalue weighted by atomic mass is 15.2. The first-order valence-corrected chi connectivity index (χ1v) is 6.98. The molecule has 1 N–H and O–H groups in total. The van der Waals surface area contributed by atoms with E-state index in [0.717, 1.165) is 19.1 Å². The average molecular weight is 242 g/mol. The van der Waals surface area contributed by atoms with Gasteiger partial charge in [0.25, 0.3) is 0 Å². The molecule has 0 radical (unpaired) electrons. The Labute approximate surface area is 110 Å². The fourth-order valence-electron chi connectivity index (χ4n) is 2.74. The van der Waals surface area contributed by atoms with Gasteiger partial charge in [-0.25, -0.2) is 0 Å². The lowest BCUT2D eigenvalue weighted by atomic mass is 10.1. The van der Waals surface area contributed by atoms with Gasteiger partial charge in [-0.2, -0.15) is 0 Å². The molecule has 1 heterocycles. The summed E-state index contributed by atoms with van der Waals surface area (Å²) in [6.45, 7) is 8.48. The molecule has 3 rings (SSSR count). The van der Waals surface area contributed by atoms with E-state index in [2.05, 4.69) is 48.0 Å². The van der Waals surface area contributed by atoms with Gasteiger partial charge in [-0.1, -0.05) is 24.8 Å². The van der Waals surface area contributed by atoms with Gasteiger partial charge in [0.15, 0.2) is 0 Å². The molecule has 96 valence electrons. The summed E-state index contributed by atoms with van der Waals surface area (Å²) in [6, 6.07) is 10.1. The fourth-order valence-corrected chi connectivity index (χ4v) is 2.74. The third-order valence-corrected chi connectivity index (χ3v) is 3.96. The normalized spacial score (nSPS) is 22.1. The molecule has 1 aliphatic carbocycles. The molecule has 0 aromatic heterocycles. The SMILES string of the molecule is C=C(CNC1CC1)CN1c2ccccc2CC1C. The van der Waals surface area contributed by atoms with Gasteiger partial charge in [0.2, 0.25) is 0 Å². The summed E-state index contributed by atoms with van der Waals surface area (Å²) in [5.41, 5.74) is 4.18. The first-order valence-electron chi connectivity index (χ1n) is 6.98. The summed E-state index contributed by atoms with van der Waals surface area (Å²) in [4.78, 5) is 2.49. The van der Waals surface area contributed by atoms with Crippen LogP contribution in [0, 0.1) is 0 Å². The molecule has 1 aromatic carbocycles. The number of hydrogen-bond donors (Lipinski definition) is 1. The van der Waals surface area contributed by atoms with Crippen LogP contribution in [0.1, 0.15) is 25.3 Å². The van der Waals surface area contributed by atoms with E-state index in [-0.39, 0.29) is 0 Å². The highest BCUT2D eigenvalue weighted by molar-refractivity contribution is 5.59. The summed E-state index contributed by atoms with van der Waals surface area (Å²) in [5.74, 6) is 0. The number of para-hydroxylation sites is 1. The standard InChI is InChI=1S/C16H22N2/c1-12(10-17-15-7-8-15)11-18-13(2)9-14-5-3-4-6-16(14)18/h3-6,13,15,17H,1,7-11H2,2H3. The predicted molar refractivity (Wildman–Crippen MR) is 77.1 cm³/mol. The monoisotopic (exact) mass is 242 g/mol. The van der Waals surface area contributed by atoms with Crippen LogP contribution in [0.2, 0.25) is 0 Å². The van der Waals surface area contributed by atoms with Crippen molar-refractivity contribution in [2.75, 3.05) is 18.0 Å². The smallest absolute Gasteiger partial charge is 0.0404 e. The largest absolute Gasteiger partial charge is 0.364 e. The summed E-state index contributed by atoms with van der Waals surface area (Å²) < 4.78 is 0. The van der Waals surface area contributed by atoms with Crippen LogP contribution >= 0.6 is 0 Å². The first-order chi connectivity index (χ1) is 8.74. The number of anilines is 1. The van der Waals surface area contributed by atoms with E-state index >= 15 is 0 Å². The van der Waals surface area contributed by atoms with Crippen molar-refractivity contribution in [1.82, 2.24) is 5.32 Å². The van der Waals surface area contributed by atoms with Gasteiger partial charge in [0.05, 0.1) is 0 Å². The van der Waals surface area contributed by atoms with E-state index in [1.54, 1.807) is 0 Å². The van der Waals surface area contributed by atoms with E-state index in [4.69, 9.17) is 0 Å². The van der Waals surface area contributed by atoms with Gasteiger partial charge in [-0.3, -0.25) is 0 Å². The molecule has 2 aliphatic rings. The Balaban J connectivity index is 1.62. The molecular formula is C16H22N2. The van der Waals surface area contributed by atoms with E-state index in [9.17, 15) is 0 Å². The van der Waals surface area contributed by atoms with Gasteiger partial charge >= 0.3 is 0 Å². The molecule has 1 fully saturated rings. The van der Waals surface area contributed by atoms with Gasteiger partial charge < -0.3 is 10.2 Å². The molecule has 18 heavy (non-hydrogen) atoms. The summed E-state index contributed by atoms with van der Waals surface area (Å²) in [5, 5.41) is 3.54. The fraction of sp³-hybridized carbons (Fsp3) is 0.500. The van der Waals surface area contributed by atoms with Gasteiger partial charge in [-0.15, -0.1) is 0 Å². The number of rotatable bonds is 5. The maximum absolute atomic E-state index is 4.22. The Bertz CT molecular complexity index is 448. The van der Waals surface area contributed by atoms with Crippen LogP contribution in [0.15, 0.2) is 36.4 Å². The van der Waals surface area contributed by atoms with E-state index in [0.29, 0.717) is 6.04 Å². The molecular weight excluding hydrogens is 220 g/mol. The highest BCUT2D eigenvalue weighted by Gasteiger charge is 2.26. The van der Waals surface area contributed by atoms with E-state index in [1.165, 1.54) is 36.1 Å². The molecule has 1 unspecified atom stereocenters. The van der Waals surface area contributed by atoms with Gasteiger partial charge in [-0.05, 0) is 43.4 Å². The summed E-state index contributed by atoms with van der Waals surface area (Å²) >= 11 is 0. The number of fused-ring (bicyclic) bond motifs is 1. The van der Waals surface area contributed by atoms with Crippen LogP contribution in [0.4, 0.5) is 5.69 Å². The maximum atomic E-state index is 4.22. The lowest BCUT2D eigenvalue weighted by Gasteiger charge is -2.26. The Morgan fingerprint density at radius 1 is 1.39 bits per heavy atom. The van der Waals surface area contributed by atoms with Crippen molar-refractivity contribution >= 4 is 5.69 Å². The minimum absolute atomic E-state index is 0.597. The Hall–Kier alpha value is -1.28. The van der Waals surface area contributed by atoms with Crippen molar-refractivity contribution in [3.63, 3.8) is 0 Å². The second kappa shape index (κ2) is 4.77. The van der Waals surface area contributed by atoms with Crippen molar-refractivity contribution < 1.29 is 0 Å². The van der Waals surface area contributed by atoms with E-state index in [1.807, 2.05) is 0 Å². The molecule has 1 aliphatic heterocycles. The second-order valence-corrected chi connectivity index (χ2v) is 5.71. The zero-order valence-electron chi connectivity index (χ0n) is 11.2. The van der Waals surface area contributed by atoms with Gasteiger partial charge in [0, 0.05) is 30.9 Å². The Morgan fingerprint density at radius 2 is 2.17 bits per heavy atom. The Kier molecular flexibility index (Phi) is 3.13. The minimum Gasteiger partial charge on any atom is -0.364 e. The zero-order chi connectivity index (χ0) is 12.5.